The van der Waals surface area contributed by atoms with Gasteiger partial charge in [-0.05, 0) is 43.0 Å². The largest absolute Gasteiger partial charge is 0.311 e. The van der Waals surface area contributed by atoms with Crippen LogP contribution in [0, 0.1) is 0 Å². The molecule has 0 amide bonds. The van der Waals surface area contributed by atoms with Crippen molar-refractivity contribution >= 4 is 23.2 Å². The van der Waals surface area contributed by atoms with Crippen LogP contribution in [0.25, 0.3) is 0 Å². The highest BCUT2D eigenvalue weighted by Gasteiger charge is 2.38. The normalized spacial score (nSPS) is 22.4. The summed E-state index contributed by atoms with van der Waals surface area (Å²) in [6.07, 6.45) is 3.44. The van der Waals surface area contributed by atoms with Crippen LogP contribution in [0.5, 0.6) is 0 Å². The minimum atomic E-state index is 0.220. The van der Waals surface area contributed by atoms with Gasteiger partial charge in [-0.2, -0.15) is 0 Å². The van der Waals surface area contributed by atoms with E-state index in [0.717, 1.165) is 54.5 Å². The van der Waals surface area contributed by atoms with Crippen LogP contribution in [0.3, 0.4) is 0 Å². The van der Waals surface area contributed by atoms with Crippen molar-refractivity contribution in [2.24, 2.45) is 0 Å². The monoisotopic (exact) mass is 328 g/mol. The fourth-order valence-corrected chi connectivity index (χ4v) is 3.67. The second-order valence-corrected chi connectivity index (χ2v) is 6.88. The van der Waals surface area contributed by atoms with Crippen LogP contribution >= 0.6 is 23.2 Å². The average molecular weight is 329 g/mol. The summed E-state index contributed by atoms with van der Waals surface area (Å²) in [6, 6.07) is 6.32. The first kappa shape index (κ1) is 17.1. The topological polar surface area (TPSA) is 15.3 Å². The van der Waals surface area contributed by atoms with Crippen LogP contribution in [0.2, 0.25) is 10.0 Å². The fourth-order valence-electron chi connectivity index (χ4n) is 3.29. The number of piperazine rings is 1. The summed E-state index contributed by atoms with van der Waals surface area (Å²) in [5.41, 5.74) is 1.35. The summed E-state index contributed by atoms with van der Waals surface area (Å²) in [7, 11) is 0. The summed E-state index contributed by atoms with van der Waals surface area (Å²) in [5, 5.41) is 5.27. The van der Waals surface area contributed by atoms with Crippen molar-refractivity contribution in [3.05, 3.63) is 33.8 Å². The van der Waals surface area contributed by atoms with Gasteiger partial charge in [0.15, 0.2) is 0 Å². The molecule has 0 saturated carbocycles. The first-order valence-corrected chi connectivity index (χ1v) is 8.72. The van der Waals surface area contributed by atoms with E-state index in [1.165, 1.54) is 0 Å². The van der Waals surface area contributed by atoms with Gasteiger partial charge in [0.2, 0.25) is 0 Å². The molecule has 4 heteroatoms. The van der Waals surface area contributed by atoms with E-state index >= 15 is 0 Å². The molecule has 1 aliphatic heterocycles. The molecule has 1 unspecified atom stereocenters. The van der Waals surface area contributed by atoms with E-state index in [9.17, 15) is 0 Å². The van der Waals surface area contributed by atoms with E-state index in [1.54, 1.807) is 0 Å². The van der Waals surface area contributed by atoms with Crippen molar-refractivity contribution in [3.8, 4) is 0 Å². The molecule has 1 fully saturated rings. The Kier molecular flexibility index (Phi) is 5.96. The second-order valence-electron chi connectivity index (χ2n) is 6.03. The number of halogens is 2. The summed E-state index contributed by atoms with van der Waals surface area (Å²) in [5.74, 6) is 0. The third kappa shape index (κ3) is 3.73. The fraction of sp³-hybridized carbons (Fsp3) is 0.647. The number of hydrogen-bond acceptors (Lipinski definition) is 2. The molecule has 1 saturated heterocycles. The molecule has 1 heterocycles. The molecule has 0 aromatic heterocycles. The van der Waals surface area contributed by atoms with Gasteiger partial charge in [-0.15, -0.1) is 0 Å². The second kappa shape index (κ2) is 7.32. The van der Waals surface area contributed by atoms with Gasteiger partial charge < -0.3 is 5.32 Å². The zero-order valence-corrected chi connectivity index (χ0v) is 14.8. The molecule has 0 bridgehead atoms. The Morgan fingerprint density at radius 3 is 2.57 bits per heavy atom. The van der Waals surface area contributed by atoms with Crippen molar-refractivity contribution in [2.45, 2.75) is 58.2 Å². The molecule has 1 N–H and O–H groups in total. The predicted octanol–water partition coefficient (Wildman–Crippen LogP) is 4.74. The third-order valence-corrected chi connectivity index (χ3v) is 5.61. The lowest BCUT2D eigenvalue weighted by Crippen LogP contribution is -2.63. The molecule has 2 nitrogen and oxygen atoms in total. The van der Waals surface area contributed by atoms with E-state index in [-0.39, 0.29) is 5.54 Å². The van der Waals surface area contributed by atoms with Gasteiger partial charge >= 0.3 is 0 Å². The van der Waals surface area contributed by atoms with Crippen molar-refractivity contribution in [1.29, 1.82) is 0 Å². The Labute approximate surface area is 138 Å². The van der Waals surface area contributed by atoms with Gasteiger partial charge in [0.05, 0.1) is 0 Å². The first-order chi connectivity index (χ1) is 10.0. The zero-order chi connectivity index (χ0) is 15.5. The van der Waals surface area contributed by atoms with Gasteiger partial charge in [0.1, 0.15) is 0 Å². The minimum absolute atomic E-state index is 0.220. The third-order valence-electron chi connectivity index (χ3n) is 5.01. The number of nitrogens with one attached hydrogen (secondary N) is 1. The Hall–Kier alpha value is -0.280. The van der Waals surface area contributed by atoms with Crippen LogP contribution in [0.4, 0.5) is 0 Å². The van der Waals surface area contributed by atoms with Crippen molar-refractivity contribution in [3.63, 3.8) is 0 Å². The maximum absolute atomic E-state index is 6.36. The highest BCUT2D eigenvalue weighted by atomic mass is 35.5. The van der Waals surface area contributed by atoms with Gasteiger partial charge in [0.25, 0.3) is 0 Å². The molecule has 0 aliphatic carbocycles. The lowest BCUT2D eigenvalue weighted by molar-refractivity contribution is 0.0238. The van der Waals surface area contributed by atoms with Crippen molar-refractivity contribution in [2.75, 3.05) is 13.1 Å². The van der Waals surface area contributed by atoms with Gasteiger partial charge in [0, 0.05) is 41.3 Å². The van der Waals surface area contributed by atoms with Crippen LogP contribution < -0.4 is 5.32 Å². The summed E-state index contributed by atoms with van der Waals surface area (Å²) in [4.78, 5) is 2.61. The molecule has 1 aliphatic rings. The van der Waals surface area contributed by atoms with Gasteiger partial charge in [-0.3, -0.25) is 4.90 Å². The molecule has 1 aromatic rings. The van der Waals surface area contributed by atoms with Crippen molar-refractivity contribution in [1.82, 2.24) is 10.2 Å². The number of nitrogens with zero attached hydrogens (tertiary/aromatic N) is 1. The van der Waals surface area contributed by atoms with Crippen LogP contribution in [-0.4, -0.2) is 29.6 Å². The highest BCUT2D eigenvalue weighted by Crippen LogP contribution is 2.31. The number of rotatable bonds is 5. The lowest BCUT2D eigenvalue weighted by atomic mass is 9.86. The molecule has 1 aromatic carbocycles. The predicted molar refractivity (Wildman–Crippen MR) is 92.3 cm³/mol. The van der Waals surface area contributed by atoms with E-state index in [0.29, 0.717) is 6.04 Å². The van der Waals surface area contributed by atoms with E-state index in [4.69, 9.17) is 23.2 Å². The van der Waals surface area contributed by atoms with Gasteiger partial charge in [-0.25, -0.2) is 0 Å². The smallest absolute Gasteiger partial charge is 0.0452 e. The van der Waals surface area contributed by atoms with Gasteiger partial charge in [-0.1, -0.05) is 44.0 Å². The SMILES string of the molecule is CCC1CN(Cc2cc(Cl)ccc2Cl)C(CC)(CC)CN1. The lowest BCUT2D eigenvalue weighted by Gasteiger charge is -2.50. The van der Waals surface area contributed by atoms with E-state index in [2.05, 4.69) is 31.0 Å². The molecule has 1 atom stereocenters. The molecule has 21 heavy (non-hydrogen) atoms. The summed E-state index contributed by atoms with van der Waals surface area (Å²) < 4.78 is 0. The Bertz CT molecular complexity index is 472. The maximum atomic E-state index is 6.36. The molecule has 2 rings (SSSR count). The molecule has 0 spiro atoms. The minimum Gasteiger partial charge on any atom is -0.311 e. The van der Waals surface area contributed by atoms with E-state index < -0.39 is 0 Å². The maximum Gasteiger partial charge on any atom is 0.0452 e. The number of hydrogen-bond donors (Lipinski definition) is 1. The van der Waals surface area contributed by atoms with Crippen LogP contribution in [-0.2, 0) is 6.54 Å². The Balaban J connectivity index is 2.25. The highest BCUT2D eigenvalue weighted by molar-refractivity contribution is 6.33. The molecule has 0 radical (unpaired) electrons. The Morgan fingerprint density at radius 1 is 1.24 bits per heavy atom. The summed E-state index contributed by atoms with van der Waals surface area (Å²) >= 11 is 12.5. The number of benzene rings is 1. The van der Waals surface area contributed by atoms with Crippen LogP contribution in [0.15, 0.2) is 18.2 Å². The average Bonchev–Trinajstić information content (AvgIpc) is 2.51. The quantitative estimate of drug-likeness (QED) is 0.840. The Morgan fingerprint density at radius 2 is 1.95 bits per heavy atom. The zero-order valence-electron chi connectivity index (χ0n) is 13.3. The molecule has 118 valence electrons. The molecular formula is C17H26Cl2N2. The standard InChI is InChI=1S/C17H26Cl2N2/c1-4-15-11-21(17(5-2,6-3)12-20-15)10-13-9-14(18)7-8-16(13)19/h7-9,15,20H,4-6,10-12H2,1-3H3. The van der Waals surface area contributed by atoms with E-state index in [1.807, 2.05) is 18.2 Å². The first-order valence-electron chi connectivity index (χ1n) is 7.97. The van der Waals surface area contributed by atoms with Crippen LogP contribution in [0.1, 0.15) is 45.6 Å². The van der Waals surface area contributed by atoms with Crippen molar-refractivity contribution < 1.29 is 0 Å². The summed E-state index contributed by atoms with van der Waals surface area (Å²) in [6.45, 7) is 9.80. The molecular weight excluding hydrogens is 303 g/mol.